The van der Waals surface area contributed by atoms with E-state index < -0.39 is 5.97 Å². The molecule has 4 nitrogen and oxygen atoms in total. The molecule has 1 N–H and O–H groups in total. The third-order valence-electron chi connectivity index (χ3n) is 3.86. The monoisotopic (exact) mass is 290 g/mol. The van der Waals surface area contributed by atoms with Gasteiger partial charge in [-0.2, -0.15) is 0 Å². The quantitative estimate of drug-likeness (QED) is 0.857. The first-order valence-corrected chi connectivity index (χ1v) is 8.02. The number of imidazole rings is 1. The highest BCUT2D eigenvalue weighted by Gasteiger charge is 2.19. The van der Waals surface area contributed by atoms with Gasteiger partial charge in [-0.25, -0.2) is 4.98 Å². The van der Waals surface area contributed by atoms with E-state index in [2.05, 4.69) is 15.6 Å². The Hall–Kier alpha value is -1.49. The number of para-hydroxylation sites is 2. The first-order chi connectivity index (χ1) is 9.74. The van der Waals surface area contributed by atoms with Crippen LogP contribution in [-0.2, 0) is 11.3 Å². The molecule has 1 heterocycles. The molecule has 1 aliphatic carbocycles. The van der Waals surface area contributed by atoms with Crippen LogP contribution in [0.2, 0.25) is 0 Å². The van der Waals surface area contributed by atoms with Crippen molar-refractivity contribution in [2.45, 2.75) is 37.4 Å². The number of aliphatic carboxylic acids is 1. The molecule has 0 radical (unpaired) electrons. The maximum Gasteiger partial charge on any atom is 0.313 e. The summed E-state index contributed by atoms with van der Waals surface area (Å²) in [5.41, 5.74) is 2.07. The van der Waals surface area contributed by atoms with Crippen LogP contribution in [0.3, 0.4) is 0 Å². The van der Waals surface area contributed by atoms with Gasteiger partial charge in [-0.15, -0.1) is 0 Å². The molecule has 5 heteroatoms. The number of benzene rings is 1. The summed E-state index contributed by atoms with van der Waals surface area (Å²) < 4.78 is 2.21. The van der Waals surface area contributed by atoms with Gasteiger partial charge in [0.05, 0.1) is 16.8 Å². The Morgan fingerprint density at radius 3 is 2.85 bits per heavy atom. The van der Waals surface area contributed by atoms with E-state index in [9.17, 15) is 4.79 Å². The molecule has 1 fully saturated rings. The first kappa shape index (κ1) is 13.5. The maximum atomic E-state index is 10.8. The summed E-state index contributed by atoms with van der Waals surface area (Å²) in [5, 5.41) is 9.70. The largest absolute Gasteiger partial charge is 0.481 e. The summed E-state index contributed by atoms with van der Waals surface area (Å²) in [7, 11) is 0. The maximum absolute atomic E-state index is 10.8. The van der Waals surface area contributed by atoms with Crippen LogP contribution >= 0.6 is 11.8 Å². The summed E-state index contributed by atoms with van der Waals surface area (Å²) in [4.78, 5) is 15.4. The third-order valence-corrected chi connectivity index (χ3v) is 4.82. The van der Waals surface area contributed by atoms with E-state index in [0.29, 0.717) is 5.92 Å². The minimum absolute atomic E-state index is 0.0635. The number of fused-ring (bicyclic) bond motifs is 1. The molecule has 1 saturated carbocycles. The predicted molar refractivity (Wildman–Crippen MR) is 80.1 cm³/mol. The molecule has 3 rings (SSSR count). The number of nitrogens with zero attached hydrogens (tertiary/aromatic N) is 2. The smallest absolute Gasteiger partial charge is 0.313 e. The molecule has 0 amide bonds. The van der Waals surface area contributed by atoms with Crippen molar-refractivity contribution in [1.29, 1.82) is 0 Å². The third kappa shape index (κ3) is 2.82. The summed E-state index contributed by atoms with van der Waals surface area (Å²) in [6, 6.07) is 8.05. The molecular formula is C15H18N2O2S. The van der Waals surface area contributed by atoms with Crippen LogP contribution in [0.25, 0.3) is 11.0 Å². The van der Waals surface area contributed by atoms with Crippen molar-refractivity contribution < 1.29 is 9.90 Å². The Balaban J connectivity index is 1.91. The topological polar surface area (TPSA) is 55.1 Å². The van der Waals surface area contributed by atoms with Crippen LogP contribution in [0, 0.1) is 5.92 Å². The van der Waals surface area contributed by atoms with Crippen LogP contribution in [-0.4, -0.2) is 26.4 Å². The lowest BCUT2D eigenvalue weighted by Gasteiger charge is -2.13. The highest BCUT2D eigenvalue weighted by atomic mass is 32.2. The Bertz CT molecular complexity index is 617. The Morgan fingerprint density at radius 2 is 2.10 bits per heavy atom. The van der Waals surface area contributed by atoms with E-state index in [1.165, 1.54) is 37.4 Å². The fraction of sp³-hybridized carbons (Fsp3) is 0.467. The van der Waals surface area contributed by atoms with Crippen LogP contribution < -0.4 is 0 Å². The van der Waals surface area contributed by atoms with Crippen molar-refractivity contribution in [3.63, 3.8) is 0 Å². The minimum atomic E-state index is -0.797. The summed E-state index contributed by atoms with van der Waals surface area (Å²) >= 11 is 1.32. The Morgan fingerprint density at radius 1 is 1.35 bits per heavy atom. The number of hydrogen-bond acceptors (Lipinski definition) is 3. The second kappa shape index (κ2) is 5.87. The molecule has 0 aliphatic heterocycles. The van der Waals surface area contributed by atoms with Crippen molar-refractivity contribution in [3.8, 4) is 0 Å². The van der Waals surface area contributed by atoms with Crippen molar-refractivity contribution in [2.24, 2.45) is 5.92 Å². The van der Waals surface area contributed by atoms with Crippen molar-refractivity contribution in [3.05, 3.63) is 24.3 Å². The zero-order chi connectivity index (χ0) is 13.9. The Labute approximate surface area is 122 Å². The number of hydrogen-bond donors (Lipinski definition) is 1. The van der Waals surface area contributed by atoms with E-state index in [1.54, 1.807) is 0 Å². The van der Waals surface area contributed by atoms with Crippen molar-refractivity contribution in [2.75, 3.05) is 5.75 Å². The van der Waals surface area contributed by atoms with Crippen molar-refractivity contribution in [1.82, 2.24) is 9.55 Å². The van der Waals surface area contributed by atoms with Gasteiger partial charge in [0.2, 0.25) is 0 Å². The summed E-state index contributed by atoms with van der Waals surface area (Å²) in [5.74, 6) is -0.0279. The number of carbonyl (C=O) groups is 1. The summed E-state index contributed by atoms with van der Waals surface area (Å²) in [6.45, 7) is 0.961. The molecule has 0 atom stereocenters. The average Bonchev–Trinajstić information content (AvgIpc) is 3.05. The van der Waals surface area contributed by atoms with Crippen LogP contribution in [0.15, 0.2) is 29.4 Å². The molecule has 2 aromatic rings. The fourth-order valence-electron chi connectivity index (χ4n) is 2.92. The van der Waals surface area contributed by atoms with Crippen LogP contribution in [0.5, 0.6) is 0 Å². The molecule has 0 bridgehead atoms. The molecule has 1 aromatic carbocycles. The lowest BCUT2D eigenvalue weighted by atomic mass is 10.1. The van der Waals surface area contributed by atoms with Gasteiger partial charge in [-0.1, -0.05) is 36.7 Å². The van der Waals surface area contributed by atoms with Gasteiger partial charge in [0.15, 0.2) is 5.16 Å². The second-order valence-corrected chi connectivity index (χ2v) is 6.27. The van der Waals surface area contributed by atoms with E-state index >= 15 is 0 Å². The molecule has 1 aromatic heterocycles. The molecule has 20 heavy (non-hydrogen) atoms. The number of thioether (sulfide) groups is 1. The van der Waals surface area contributed by atoms with Crippen molar-refractivity contribution >= 4 is 28.8 Å². The molecule has 0 spiro atoms. The lowest BCUT2D eigenvalue weighted by molar-refractivity contribution is -0.133. The Kier molecular flexibility index (Phi) is 3.96. The van der Waals surface area contributed by atoms with E-state index in [-0.39, 0.29) is 5.75 Å². The second-order valence-electron chi connectivity index (χ2n) is 5.33. The highest BCUT2D eigenvalue weighted by molar-refractivity contribution is 7.99. The van der Waals surface area contributed by atoms with Gasteiger partial charge in [0, 0.05) is 6.54 Å². The van der Waals surface area contributed by atoms with E-state index in [1.807, 2.05) is 18.2 Å². The number of carboxylic acid groups (broad SMARTS) is 1. The molecule has 106 valence electrons. The van der Waals surface area contributed by atoms with Crippen LogP contribution in [0.4, 0.5) is 0 Å². The van der Waals surface area contributed by atoms with Gasteiger partial charge in [0.1, 0.15) is 0 Å². The highest BCUT2D eigenvalue weighted by Crippen LogP contribution is 2.30. The molecule has 0 saturated heterocycles. The SMILES string of the molecule is O=C(O)CSc1nc2ccccc2n1CC1CCCC1. The first-order valence-electron chi connectivity index (χ1n) is 7.04. The molecule has 0 unspecified atom stereocenters. The van der Waals surface area contributed by atoms with E-state index in [0.717, 1.165) is 22.7 Å². The normalized spacial score (nSPS) is 16.0. The minimum Gasteiger partial charge on any atom is -0.481 e. The lowest BCUT2D eigenvalue weighted by Crippen LogP contribution is -2.09. The predicted octanol–water partition coefficient (Wildman–Crippen LogP) is 3.40. The zero-order valence-corrected chi connectivity index (χ0v) is 12.1. The van der Waals surface area contributed by atoms with Gasteiger partial charge in [-0.05, 0) is 30.9 Å². The number of aromatic nitrogens is 2. The number of rotatable bonds is 5. The average molecular weight is 290 g/mol. The van der Waals surface area contributed by atoms with Gasteiger partial charge in [-0.3, -0.25) is 4.79 Å². The molecule has 1 aliphatic rings. The van der Waals surface area contributed by atoms with Gasteiger partial charge in [0.25, 0.3) is 0 Å². The van der Waals surface area contributed by atoms with E-state index in [4.69, 9.17) is 5.11 Å². The zero-order valence-electron chi connectivity index (χ0n) is 11.3. The van der Waals surface area contributed by atoms with Gasteiger partial charge < -0.3 is 9.67 Å². The number of carboxylic acids is 1. The summed E-state index contributed by atoms with van der Waals surface area (Å²) in [6.07, 6.45) is 5.18. The molecular weight excluding hydrogens is 272 g/mol. The van der Waals surface area contributed by atoms with Gasteiger partial charge >= 0.3 is 5.97 Å². The fourth-order valence-corrected chi connectivity index (χ4v) is 3.66. The standard InChI is InChI=1S/C15H18N2O2S/c18-14(19)10-20-15-16-12-7-3-4-8-13(12)17(15)9-11-5-1-2-6-11/h3-4,7-8,11H,1-2,5-6,9-10H2,(H,18,19). The van der Waals surface area contributed by atoms with Crippen LogP contribution in [0.1, 0.15) is 25.7 Å².